The summed E-state index contributed by atoms with van der Waals surface area (Å²) in [4.78, 5) is 45.3. The van der Waals surface area contributed by atoms with Crippen LogP contribution in [0.15, 0.2) is 0 Å². The first-order chi connectivity index (χ1) is 12.6. The second-order valence-electron chi connectivity index (χ2n) is 7.72. The summed E-state index contributed by atoms with van der Waals surface area (Å²) < 4.78 is 5.60. The Morgan fingerprint density at radius 3 is 2.56 bits per heavy atom. The Morgan fingerprint density at radius 2 is 1.96 bits per heavy atom. The molecule has 2 aliphatic rings. The molecule has 27 heavy (non-hydrogen) atoms. The Bertz CT molecular complexity index is 772. The van der Waals surface area contributed by atoms with Gasteiger partial charge in [-0.05, 0) is 20.8 Å². The fraction of sp³-hybridized carbons (Fsp3) is 0.647. The predicted molar refractivity (Wildman–Crippen MR) is 101 cm³/mol. The standard InChI is InChI=1S/C17H25N5O4S/c1-9(23)21-7-10-6-11-13(27-15(19-11)20-14(24)18-5)12(8-21)22(10)16(25)26-17(2,3)4/h10,12H,6-8H2,1-5H3,(H2,18,19,20,24)/t10-,12-/m1/s1. The van der Waals surface area contributed by atoms with Gasteiger partial charge < -0.3 is 15.0 Å². The average Bonchev–Trinajstić information content (AvgIpc) is 2.94. The number of urea groups is 1. The lowest BCUT2D eigenvalue weighted by molar-refractivity contribution is -0.134. The van der Waals surface area contributed by atoms with Crippen molar-refractivity contribution in [3.8, 4) is 0 Å². The zero-order valence-corrected chi connectivity index (χ0v) is 17.0. The largest absolute Gasteiger partial charge is 0.444 e. The summed E-state index contributed by atoms with van der Waals surface area (Å²) in [5, 5.41) is 5.66. The van der Waals surface area contributed by atoms with Crippen LogP contribution in [0.4, 0.5) is 14.7 Å². The second kappa shape index (κ2) is 6.99. The van der Waals surface area contributed by atoms with E-state index in [2.05, 4.69) is 15.6 Å². The summed E-state index contributed by atoms with van der Waals surface area (Å²) in [7, 11) is 1.53. The van der Waals surface area contributed by atoms with Gasteiger partial charge in [0.15, 0.2) is 5.13 Å². The van der Waals surface area contributed by atoms with E-state index >= 15 is 0 Å². The predicted octanol–water partition coefficient (Wildman–Crippen LogP) is 1.96. The highest BCUT2D eigenvalue weighted by molar-refractivity contribution is 7.16. The maximum Gasteiger partial charge on any atom is 0.411 e. The number of carbonyl (C=O) groups is 3. The van der Waals surface area contributed by atoms with Crippen LogP contribution < -0.4 is 10.6 Å². The number of nitrogens with zero attached hydrogens (tertiary/aromatic N) is 3. The van der Waals surface area contributed by atoms with E-state index in [1.54, 1.807) is 9.80 Å². The van der Waals surface area contributed by atoms with Gasteiger partial charge in [0, 0.05) is 33.5 Å². The van der Waals surface area contributed by atoms with Crippen LogP contribution in [-0.4, -0.2) is 64.6 Å². The lowest BCUT2D eigenvalue weighted by Crippen LogP contribution is -2.60. The molecule has 0 radical (unpaired) electrons. The number of anilines is 1. The van der Waals surface area contributed by atoms with Crippen molar-refractivity contribution in [3.63, 3.8) is 0 Å². The first-order valence-corrected chi connectivity index (χ1v) is 9.66. The highest BCUT2D eigenvalue weighted by Crippen LogP contribution is 2.42. The van der Waals surface area contributed by atoms with Crippen LogP contribution >= 0.6 is 11.3 Å². The molecule has 148 valence electrons. The Morgan fingerprint density at radius 1 is 1.26 bits per heavy atom. The number of hydrogen-bond acceptors (Lipinski definition) is 6. The van der Waals surface area contributed by atoms with Crippen LogP contribution in [0, 0.1) is 0 Å². The number of carbonyl (C=O) groups excluding carboxylic acids is 3. The zero-order valence-electron chi connectivity index (χ0n) is 16.2. The maximum absolute atomic E-state index is 12.8. The molecule has 0 aromatic carbocycles. The molecule has 2 N–H and O–H groups in total. The normalized spacial score (nSPS) is 21.4. The van der Waals surface area contributed by atoms with Gasteiger partial charge in [-0.15, -0.1) is 0 Å². The molecule has 1 aromatic rings. The Labute approximate surface area is 162 Å². The Balaban J connectivity index is 1.93. The van der Waals surface area contributed by atoms with Crippen LogP contribution in [0.1, 0.15) is 44.3 Å². The third-order valence-electron chi connectivity index (χ3n) is 4.51. The highest BCUT2D eigenvalue weighted by atomic mass is 32.1. The molecule has 4 amide bonds. The van der Waals surface area contributed by atoms with Crippen molar-refractivity contribution in [2.45, 2.75) is 51.8 Å². The second-order valence-corrected chi connectivity index (χ2v) is 8.75. The number of thiazole rings is 1. The fourth-order valence-corrected chi connectivity index (χ4v) is 4.47. The van der Waals surface area contributed by atoms with E-state index in [0.717, 1.165) is 10.6 Å². The van der Waals surface area contributed by atoms with Crippen molar-refractivity contribution in [2.24, 2.45) is 0 Å². The number of piperazine rings is 1. The van der Waals surface area contributed by atoms with E-state index in [4.69, 9.17) is 4.74 Å². The zero-order chi connectivity index (χ0) is 19.9. The molecule has 0 aliphatic carbocycles. The summed E-state index contributed by atoms with van der Waals surface area (Å²) in [5.74, 6) is -0.0227. The van der Waals surface area contributed by atoms with Crippen molar-refractivity contribution < 1.29 is 19.1 Å². The van der Waals surface area contributed by atoms with Gasteiger partial charge in [-0.1, -0.05) is 11.3 Å². The number of rotatable bonds is 1. The lowest BCUT2D eigenvalue weighted by atomic mass is 9.93. The molecular weight excluding hydrogens is 370 g/mol. The number of amides is 4. The molecule has 1 aromatic heterocycles. The summed E-state index contributed by atoms with van der Waals surface area (Å²) in [6.07, 6.45) is 0.126. The number of nitrogens with one attached hydrogen (secondary N) is 2. The first-order valence-electron chi connectivity index (χ1n) is 8.84. The monoisotopic (exact) mass is 395 g/mol. The van der Waals surface area contributed by atoms with Crippen molar-refractivity contribution in [2.75, 3.05) is 25.5 Å². The van der Waals surface area contributed by atoms with E-state index in [1.807, 2.05) is 20.8 Å². The molecular formula is C17H25N5O4S. The SMILES string of the molecule is CNC(=O)Nc1nc2c(s1)[C@H]1CN(C(C)=O)C[C@@H](C2)N1C(=O)OC(C)(C)C. The van der Waals surface area contributed by atoms with E-state index in [1.165, 1.54) is 25.3 Å². The molecule has 10 heteroatoms. The molecule has 0 spiro atoms. The van der Waals surface area contributed by atoms with Gasteiger partial charge in [-0.25, -0.2) is 14.6 Å². The summed E-state index contributed by atoms with van der Waals surface area (Å²) >= 11 is 1.33. The van der Waals surface area contributed by atoms with Crippen LogP contribution in [-0.2, 0) is 16.0 Å². The van der Waals surface area contributed by atoms with Gasteiger partial charge in [0.25, 0.3) is 0 Å². The molecule has 0 saturated carbocycles. The smallest absolute Gasteiger partial charge is 0.411 e. The van der Waals surface area contributed by atoms with Gasteiger partial charge in [0.1, 0.15) is 5.60 Å². The summed E-state index contributed by atoms with van der Waals surface area (Å²) in [6.45, 7) is 7.85. The number of ether oxygens (including phenoxy) is 1. The maximum atomic E-state index is 12.8. The van der Waals surface area contributed by atoms with Crippen molar-refractivity contribution in [1.29, 1.82) is 0 Å². The minimum atomic E-state index is -0.606. The Kier molecular flexibility index (Phi) is 5.02. The highest BCUT2D eigenvalue weighted by Gasteiger charge is 2.46. The molecule has 3 heterocycles. The molecule has 2 atom stereocenters. The van der Waals surface area contributed by atoms with Gasteiger partial charge in [-0.3, -0.25) is 15.0 Å². The van der Waals surface area contributed by atoms with E-state index in [0.29, 0.717) is 24.6 Å². The fourth-order valence-electron chi connectivity index (χ4n) is 3.39. The average molecular weight is 395 g/mol. The topological polar surface area (TPSA) is 104 Å². The van der Waals surface area contributed by atoms with Crippen molar-refractivity contribution in [1.82, 2.24) is 20.1 Å². The lowest BCUT2D eigenvalue weighted by Gasteiger charge is -2.48. The van der Waals surface area contributed by atoms with Gasteiger partial charge >= 0.3 is 12.1 Å². The van der Waals surface area contributed by atoms with Crippen LogP contribution in [0.5, 0.6) is 0 Å². The van der Waals surface area contributed by atoms with Gasteiger partial charge in [0.05, 0.1) is 22.7 Å². The summed E-state index contributed by atoms with van der Waals surface area (Å²) in [6, 6.07) is -0.882. The molecule has 1 fully saturated rings. The Hall–Kier alpha value is -2.36. The third kappa shape index (κ3) is 4.00. The van der Waals surface area contributed by atoms with Crippen LogP contribution in [0.2, 0.25) is 0 Å². The van der Waals surface area contributed by atoms with E-state index in [-0.39, 0.29) is 30.1 Å². The number of fused-ring (bicyclic) bond motifs is 4. The van der Waals surface area contributed by atoms with Gasteiger partial charge in [-0.2, -0.15) is 0 Å². The van der Waals surface area contributed by atoms with Crippen molar-refractivity contribution in [3.05, 3.63) is 10.6 Å². The van der Waals surface area contributed by atoms with Crippen molar-refractivity contribution >= 4 is 34.5 Å². The molecule has 3 rings (SSSR count). The van der Waals surface area contributed by atoms with Gasteiger partial charge in [0.2, 0.25) is 5.91 Å². The minimum absolute atomic E-state index is 0.0227. The van der Waals surface area contributed by atoms with E-state index in [9.17, 15) is 14.4 Å². The van der Waals surface area contributed by atoms with Crippen LogP contribution in [0.25, 0.3) is 0 Å². The third-order valence-corrected chi connectivity index (χ3v) is 5.62. The molecule has 2 aliphatic heterocycles. The molecule has 0 unspecified atom stereocenters. The minimum Gasteiger partial charge on any atom is -0.444 e. The number of aromatic nitrogens is 1. The quantitative estimate of drug-likeness (QED) is 0.756. The van der Waals surface area contributed by atoms with Crippen LogP contribution in [0.3, 0.4) is 0 Å². The first kappa shape index (κ1) is 19.4. The number of hydrogen-bond donors (Lipinski definition) is 2. The molecule has 2 bridgehead atoms. The summed E-state index contributed by atoms with van der Waals surface area (Å²) in [5.41, 5.74) is 0.260. The van der Waals surface area contributed by atoms with E-state index < -0.39 is 5.60 Å². The molecule has 1 saturated heterocycles. The molecule has 9 nitrogen and oxygen atoms in total.